The molecular weight excluding hydrogens is 431 g/mol. The number of nitrogens with zero attached hydrogens (tertiary/aromatic N) is 2. The summed E-state index contributed by atoms with van der Waals surface area (Å²) in [6, 6.07) is 2.95. The smallest absolute Gasteiger partial charge is 0.416 e. The van der Waals surface area contributed by atoms with Gasteiger partial charge in [0, 0.05) is 7.11 Å². The van der Waals surface area contributed by atoms with E-state index in [2.05, 4.69) is 15.3 Å². The van der Waals surface area contributed by atoms with Crippen molar-refractivity contribution in [3.8, 4) is 0 Å². The highest BCUT2D eigenvalue weighted by atomic mass is 35.5. The van der Waals surface area contributed by atoms with Gasteiger partial charge in [-0.3, -0.25) is 0 Å². The van der Waals surface area contributed by atoms with Crippen molar-refractivity contribution in [3.05, 3.63) is 45.6 Å². The molecule has 0 amide bonds. The summed E-state index contributed by atoms with van der Waals surface area (Å²) in [7, 11) is 1.49. The first-order valence-electron chi connectivity index (χ1n) is 8.26. The molecule has 6 nitrogen and oxygen atoms in total. The van der Waals surface area contributed by atoms with E-state index in [9.17, 15) is 18.0 Å². The molecule has 0 aliphatic heterocycles. The molecule has 0 saturated heterocycles. The van der Waals surface area contributed by atoms with Crippen molar-refractivity contribution >= 4 is 50.6 Å². The zero-order valence-corrected chi connectivity index (χ0v) is 16.8. The minimum Gasteiger partial charge on any atom is -0.459 e. The number of hydrogen-bond acceptors (Lipinski definition) is 7. The molecule has 0 saturated carbocycles. The van der Waals surface area contributed by atoms with Crippen molar-refractivity contribution in [1.29, 1.82) is 0 Å². The minimum atomic E-state index is -4.51. The van der Waals surface area contributed by atoms with Crippen LogP contribution >= 0.6 is 22.9 Å². The molecular formula is C18H15ClF3N3O3S. The number of aryl methyl sites for hydroxylation is 1. The maximum atomic E-state index is 13.0. The Morgan fingerprint density at radius 1 is 1.28 bits per heavy atom. The minimum absolute atomic E-state index is 0.0383. The van der Waals surface area contributed by atoms with Gasteiger partial charge in [-0.05, 0) is 30.7 Å². The third-order valence-corrected chi connectivity index (χ3v) is 5.49. The van der Waals surface area contributed by atoms with E-state index in [0.29, 0.717) is 20.7 Å². The van der Waals surface area contributed by atoms with Crippen molar-refractivity contribution in [2.45, 2.75) is 13.1 Å². The van der Waals surface area contributed by atoms with E-state index in [1.54, 1.807) is 6.92 Å². The molecule has 0 bridgehead atoms. The average molecular weight is 446 g/mol. The lowest BCUT2D eigenvalue weighted by Crippen LogP contribution is -2.09. The standard InChI is InChI=1S/C18H15ClF3N3O3S/c1-9-13-15(25-12-7-10(18(20,21)22)3-4-11(12)19)23-8-24-16(13)29-14(9)17(26)28-6-5-27-2/h3-4,7-8H,5-6H2,1-2H3,(H,23,24,25). The fourth-order valence-corrected chi connectivity index (χ4v) is 3.78. The molecule has 0 unspecified atom stereocenters. The molecule has 0 fully saturated rings. The number of carbonyl (C=O) groups excluding carboxylic acids is 1. The normalized spacial score (nSPS) is 11.7. The van der Waals surface area contributed by atoms with Gasteiger partial charge in [0.25, 0.3) is 0 Å². The molecule has 0 radical (unpaired) electrons. The van der Waals surface area contributed by atoms with Gasteiger partial charge in [0.1, 0.15) is 28.5 Å². The monoisotopic (exact) mass is 445 g/mol. The molecule has 2 aromatic heterocycles. The van der Waals surface area contributed by atoms with Gasteiger partial charge in [0.2, 0.25) is 0 Å². The van der Waals surface area contributed by atoms with Gasteiger partial charge in [0.05, 0.1) is 28.3 Å². The third-order valence-electron chi connectivity index (χ3n) is 3.98. The molecule has 3 aromatic rings. The number of anilines is 2. The summed E-state index contributed by atoms with van der Waals surface area (Å²) in [5.41, 5.74) is -0.255. The Kier molecular flexibility index (Phi) is 6.25. The number of thiophene rings is 1. The van der Waals surface area contributed by atoms with Crippen molar-refractivity contribution in [1.82, 2.24) is 9.97 Å². The number of hydrogen-bond donors (Lipinski definition) is 1. The first-order valence-corrected chi connectivity index (χ1v) is 9.45. The molecule has 29 heavy (non-hydrogen) atoms. The summed E-state index contributed by atoms with van der Waals surface area (Å²) in [4.78, 5) is 21.4. The van der Waals surface area contributed by atoms with E-state index in [0.717, 1.165) is 29.5 Å². The average Bonchev–Trinajstić information content (AvgIpc) is 3.00. The fourth-order valence-electron chi connectivity index (χ4n) is 2.57. The molecule has 2 heterocycles. The van der Waals surface area contributed by atoms with Crippen LogP contribution in [0.3, 0.4) is 0 Å². The highest BCUT2D eigenvalue weighted by Gasteiger charge is 2.31. The molecule has 11 heteroatoms. The van der Waals surface area contributed by atoms with Gasteiger partial charge < -0.3 is 14.8 Å². The van der Waals surface area contributed by atoms with Crippen LogP contribution in [0.5, 0.6) is 0 Å². The Morgan fingerprint density at radius 2 is 2.03 bits per heavy atom. The maximum Gasteiger partial charge on any atom is 0.416 e. The molecule has 0 aliphatic rings. The van der Waals surface area contributed by atoms with Gasteiger partial charge in [-0.2, -0.15) is 13.2 Å². The highest BCUT2D eigenvalue weighted by Crippen LogP contribution is 2.38. The van der Waals surface area contributed by atoms with Gasteiger partial charge >= 0.3 is 12.1 Å². The fraction of sp³-hybridized carbons (Fsp3) is 0.278. The Bertz CT molecular complexity index is 1060. The predicted octanol–water partition coefficient (Wildman–Crippen LogP) is 5.22. The Morgan fingerprint density at radius 3 is 2.72 bits per heavy atom. The summed E-state index contributed by atoms with van der Waals surface area (Å²) in [5.74, 6) is -0.300. The summed E-state index contributed by atoms with van der Waals surface area (Å²) in [6.07, 6.45) is -3.26. The van der Waals surface area contributed by atoms with E-state index < -0.39 is 17.7 Å². The van der Waals surface area contributed by atoms with Crippen molar-refractivity contribution < 1.29 is 27.4 Å². The van der Waals surface area contributed by atoms with E-state index in [4.69, 9.17) is 21.1 Å². The molecule has 154 valence electrons. The second-order valence-corrected chi connectivity index (χ2v) is 7.31. The van der Waals surface area contributed by atoms with Crippen LogP contribution in [0.4, 0.5) is 24.7 Å². The molecule has 3 rings (SSSR count). The summed E-state index contributed by atoms with van der Waals surface area (Å²) in [6.45, 7) is 2.05. The lowest BCUT2D eigenvalue weighted by atomic mass is 10.1. The summed E-state index contributed by atoms with van der Waals surface area (Å²) < 4.78 is 49.0. The van der Waals surface area contributed by atoms with Crippen molar-refractivity contribution in [2.24, 2.45) is 0 Å². The Labute approximate surface area is 172 Å². The van der Waals surface area contributed by atoms with E-state index in [1.165, 1.54) is 13.4 Å². The van der Waals surface area contributed by atoms with Crippen LogP contribution in [0.2, 0.25) is 5.02 Å². The number of aromatic nitrogens is 2. The largest absolute Gasteiger partial charge is 0.459 e. The third kappa shape index (κ3) is 4.60. The van der Waals surface area contributed by atoms with Gasteiger partial charge in [-0.25, -0.2) is 14.8 Å². The quantitative estimate of drug-likeness (QED) is 0.414. The SMILES string of the molecule is COCCOC(=O)c1sc2ncnc(Nc3cc(C(F)(F)F)ccc3Cl)c2c1C. The summed E-state index contributed by atoms with van der Waals surface area (Å²) in [5, 5.41) is 3.42. The lowest BCUT2D eigenvalue weighted by Gasteiger charge is -2.12. The van der Waals surface area contributed by atoms with Crippen LogP contribution in [0.15, 0.2) is 24.5 Å². The van der Waals surface area contributed by atoms with Gasteiger partial charge in [-0.15, -0.1) is 11.3 Å². The first-order chi connectivity index (χ1) is 13.7. The number of carbonyl (C=O) groups is 1. The Hall–Kier alpha value is -2.43. The zero-order chi connectivity index (χ0) is 21.2. The number of esters is 1. The number of benzene rings is 1. The van der Waals surface area contributed by atoms with Crippen LogP contribution in [-0.2, 0) is 15.7 Å². The number of rotatable bonds is 6. The molecule has 0 spiro atoms. The number of fused-ring (bicyclic) bond motifs is 1. The lowest BCUT2D eigenvalue weighted by molar-refractivity contribution is -0.137. The van der Waals surface area contributed by atoms with Crippen molar-refractivity contribution in [3.63, 3.8) is 0 Å². The van der Waals surface area contributed by atoms with Crippen molar-refractivity contribution in [2.75, 3.05) is 25.6 Å². The number of ether oxygens (including phenoxy) is 2. The van der Waals surface area contributed by atoms with E-state index in [-0.39, 0.29) is 29.7 Å². The van der Waals surface area contributed by atoms with Crippen LogP contribution in [-0.4, -0.2) is 36.3 Å². The summed E-state index contributed by atoms with van der Waals surface area (Å²) >= 11 is 7.16. The zero-order valence-electron chi connectivity index (χ0n) is 15.3. The van der Waals surface area contributed by atoms with Gasteiger partial charge in [0.15, 0.2) is 0 Å². The molecule has 1 N–H and O–H groups in total. The van der Waals surface area contributed by atoms with Gasteiger partial charge in [-0.1, -0.05) is 11.6 Å². The number of nitrogens with one attached hydrogen (secondary N) is 1. The van der Waals surface area contributed by atoms with Crippen LogP contribution < -0.4 is 5.32 Å². The van der Waals surface area contributed by atoms with Crippen LogP contribution in [0.1, 0.15) is 20.8 Å². The van der Waals surface area contributed by atoms with Crippen LogP contribution in [0.25, 0.3) is 10.2 Å². The maximum absolute atomic E-state index is 13.0. The van der Waals surface area contributed by atoms with E-state index >= 15 is 0 Å². The molecule has 0 aliphatic carbocycles. The molecule has 1 aromatic carbocycles. The highest BCUT2D eigenvalue weighted by molar-refractivity contribution is 7.20. The number of alkyl halides is 3. The van der Waals surface area contributed by atoms with Crippen LogP contribution in [0, 0.1) is 6.92 Å². The predicted molar refractivity (Wildman–Crippen MR) is 104 cm³/mol. The first kappa shape index (κ1) is 21.3. The Balaban J connectivity index is 1.98. The second-order valence-electron chi connectivity index (χ2n) is 5.90. The topological polar surface area (TPSA) is 73.3 Å². The molecule has 0 atom stereocenters. The van der Waals surface area contributed by atoms with E-state index in [1.807, 2.05) is 0 Å². The number of methoxy groups -OCH3 is 1. The number of halogens is 4. The second kappa shape index (κ2) is 8.52.